The van der Waals surface area contributed by atoms with Gasteiger partial charge in [-0.3, -0.25) is 5.32 Å². The van der Waals surface area contributed by atoms with E-state index in [0.29, 0.717) is 10.6 Å². The van der Waals surface area contributed by atoms with Crippen molar-refractivity contribution in [1.29, 1.82) is 0 Å². The fraction of sp³-hybridized carbons (Fsp3) is 0.571. The molecule has 1 aliphatic carbocycles. The molecular formula is C14H20N2O3S. The second-order valence-corrected chi connectivity index (χ2v) is 6.86. The molecule has 6 heteroatoms. The number of rotatable bonds is 3. The van der Waals surface area contributed by atoms with Gasteiger partial charge in [0.25, 0.3) is 0 Å². The number of carboxylic acid groups (broad SMARTS) is 1. The number of anilines is 1. The second kappa shape index (κ2) is 5.44. The van der Waals surface area contributed by atoms with Crippen molar-refractivity contribution in [2.75, 3.05) is 5.32 Å². The van der Waals surface area contributed by atoms with E-state index in [9.17, 15) is 14.7 Å². The lowest BCUT2D eigenvalue weighted by atomic mass is 10.0. The van der Waals surface area contributed by atoms with Gasteiger partial charge in [0.15, 0.2) is 0 Å². The molecule has 1 fully saturated rings. The van der Waals surface area contributed by atoms with Crippen molar-refractivity contribution in [1.82, 2.24) is 5.32 Å². The average molecular weight is 296 g/mol. The van der Waals surface area contributed by atoms with Crippen LogP contribution in [0.5, 0.6) is 0 Å². The predicted octanol–water partition coefficient (Wildman–Crippen LogP) is 3.52. The SMILES string of the molecule is Cc1sc(NC(=O)NC2(C)CCCC2)c(C(=O)O)c1C. The minimum atomic E-state index is -1.01. The Kier molecular flexibility index (Phi) is 4.04. The molecule has 0 bridgehead atoms. The zero-order valence-electron chi connectivity index (χ0n) is 12.0. The molecule has 110 valence electrons. The summed E-state index contributed by atoms with van der Waals surface area (Å²) in [6, 6.07) is -0.321. The summed E-state index contributed by atoms with van der Waals surface area (Å²) in [5.74, 6) is -1.01. The highest BCUT2D eigenvalue weighted by Gasteiger charge is 2.30. The topological polar surface area (TPSA) is 78.4 Å². The molecule has 1 saturated carbocycles. The maximum Gasteiger partial charge on any atom is 0.338 e. The van der Waals surface area contributed by atoms with Gasteiger partial charge in [0.2, 0.25) is 0 Å². The van der Waals surface area contributed by atoms with Gasteiger partial charge < -0.3 is 10.4 Å². The van der Waals surface area contributed by atoms with Gasteiger partial charge in [0.1, 0.15) is 5.00 Å². The lowest BCUT2D eigenvalue weighted by Gasteiger charge is -2.25. The number of aromatic carboxylic acids is 1. The molecule has 0 radical (unpaired) electrons. The summed E-state index contributed by atoms with van der Waals surface area (Å²) in [7, 11) is 0. The van der Waals surface area contributed by atoms with Crippen LogP contribution in [0.25, 0.3) is 0 Å². The van der Waals surface area contributed by atoms with Crippen LogP contribution in [0.4, 0.5) is 9.80 Å². The van der Waals surface area contributed by atoms with E-state index in [2.05, 4.69) is 10.6 Å². The van der Waals surface area contributed by atoms with Gasteiger partial charge in [-0.15, -0.1) is 11.3 Å². The van der Waals surface area contributed by atoms with Crippen molar-refractivity contribution in [2.24, 2.45) is 0 Å². The van der Waals surface area contributed by atoms with Gasteiger partial charge in [-0.05, 0) is 39.2 Å². The summed E-state index contributed by atoms with van der Waals surface area (Å²) < 4.78 is 0. The largest absolute Gasteiger partial charge is 0.478 e. The van der Waals surface area contributed by atoms with Crippen LogP contribution < -0.4 is 10.6 Å². The van der Waals surface area contributed by atoms with Gasteiger partial charge in [0, 0.05) is 10.4 Å². The van der Waals surface area contributed by atoms with Crippen molar-refractivity contribution in [3.05, 3.63) is 16.0 Å². The third-order valence-electron chi connectivity index (χ3n) is 3.95. The van der Waals surface area contributed by atoms with Crippen molar-refractivity contribution in [2.45, 2.75) is 52.0 Å². The van der Waals surface area contributed by atoms with Gasteiger partial charge in [-0.2, -0.15) is 0 Å². The van der Waals surface area contributed by atoms with E-state index in [-0.39, 0.29) is 17.1 Å². The first-order chi connectivity index (χ1) is 9.32. The van der Waals surface area contributed by atoms with Crippen LogP contribution in [0, 0.1) is 13.8 Å². The average Bonchev–Trinajstić information content (AvgIpc) is 2.84. The first-order valence-electron chi connectivity index (χ1n) is 6.75. The standard InChI is InChI=1S/C14H20N2O3S/c1-8-9(2)20-11(10(8)12(17)18)15-13(19)16-14(3)6-4-5-7-14/h4-7H2,1-3H3,(H,17,18)(H2,15,16,19). The lowest BCUT2D eigenvalue weighted by molar-refractivity contribution is 0.0697. The van der Waals surface area contributed by atoms with Crippen LogP contribution in [0.3, 0.4) is 0 Å². The smallest absolute Gasteiger partial charge is 0.338 e. The Labute approximate surface area is 122 Å². The number of aryl methyl sites for hydroxylation is 1. The molecule has 0 atom stereocenters. The molecular weight excluding hydrogens is 276 g/mol. The number of hydrogen-bond donors (Lipinski definition) is 3. The van der Waals surface area contributed by atoms with Crippen LogP contribution in [-0.4, -0.2) is 22.6 Å². The van der Waals surface area contributed by atoms with Crippen molar-refractivity contribution in [3.8, 4) is 0 Å². The molecule has 1 aromatic heterocycles. The fourth-order valence-corrected chi connectivity index (χ4v) is 3.71. The molecule has 0 aromatic carbocycles. The van der Waals surface area contributed by atoms with E-state index in [1.807, 2.05) is 13.8 Å². The summed E-state index contributed by atoms with van der Waals surface area (Å²) in [5.41, 5.74) is 0.735. The number of thiophene rings is 1. The van der Waals surface area contributed by atoms with Gasteiger partial charge in [-0.1, -0.05) is 12.8 Å². The molecule has 1 aromatic rings. The van der Waals surface area contributed by atoms with E-state index < -0.39 is 5.97 Å². The highest BCUT2D eigenvalue weighted by Crippen LogP contribution is 2.33. The van der Waals surface area contributed by atoms with E-state index in [1.54, 1.807) is 6.92 Å². The first kappa shape index (κ1) is 14.8. The molecule has 2 amide bonds. The summed E-state index contributed by atoms with van der Waals surface area (Å²) >= 11 is 1.30. The predicted molar refractivity (Wildman–Crippen MR) is 79.8 cm³/mol. The van der Waals surface area contributed by atoms with Crippen molar-refractivity contribution >= 4 is 28.3 Å². The van der Waals surface area contributed by atoms with E-state index in [0.717, 1.165) is 30.6 Å². The second-order valence-electron chi connectivity index (χ2n) is 5.64. The minimum absolute atomic E-state index is 0.172. The zero-order valence-corrected chi connectivity index (χ0v) is 12.8. The monoisotopic (exact) mass is 296 g/mol. The quantitative estimate of drug-likeness (QED) is 0.798. The third kappa shape index (κ3) is 2.95. The molecule has 2 rings (SSSR count). The van der Waals surface area contributed by atoms with E-state index in [1.165, 1.54) is 11.3 Å². The maximum atomic E-state index is 12.1. The number of carbonyl (C=O) groups excluding carboxylic acids is 1. The summed E-state index contributed by atoms with van der Waals surface area (Å²) in [6.45, 7) is 5.65. The Bertz CT molecular complexity index is 545. The summed E-state index contributed by atoms with van der Waals surface area (Å²) in [6.07, 6.45) is 4.17. The number of carboxylic acids is 1. The van der Waals surface area contributed by atoms with Crippen LogP contribution in [0.2, 0.25) is 0 Å². The third-order valence-corrected chi connectivity index (χ3v) is 5.07. The molecule has 0 aliphatic heterocycles. The number of hydrogen-bond acceptors (Lipinski definition) is 3. The van der Waals surface area contributed by atoms with Gasteiger partial charge >= 0.3 is 12.0 Å². The van der Waals surface area contributed by atoms with Crippen molar-refractivity contribution < 1.29 is 14.7 Å². The van der Waals surface area contributed by atoms with Crippen LogP contribution in [0.1, 0.15) is 53.4 Å². The highest BCUT2D eigenvalue weighted by atomic mass is 32.1. The lowest BCUT2D eigenvalue weighted by Crippen LogP contribution is -2.45. The Morgan fingerprint density at radius 2 is 1.85 bits per heavy atom. The van der Waals surface area contributed by atoms with Gasteiger partial charge in [0.05, 0.1) is 5.56 Å². The molecule has 0 saturated heterocycles. The Morgan fingerprint density at radius 1 is 1.25 bits per heavy atom. The number of nitrogens with one attached hydrogen (secondary N) is 2. The van der Waals surface area contributed by atoms with E-state index >= 15 is 0 Å². The van der Waals surface area contributed by atoms with E-state index in [4.69, 9.17) is 0 Å². The number of amides is 2. The Morgan fingerprint density at radius 3 is 2.40 bits per heavy atom. The van der Waals surface area contributed by atoms with Crippen LogP contribution in [0.15, 0.2) is 0 Å². The maximum absolute atomic E-state index is 12.1. The Hall–Kier alpha value is -1.56. The number of carbonyl (C=O) groups is 2. The minimum Gasteiger partial charge on any atom is -0.478 e. The number of urea groups is 1. The van der Waals surface area contributed by atoms with Crippen LogP contribution >= 0.6 is 11.3 Å². The Balaban J connectivity index is 2.12. The summed E-state index contributed by atoms with van der Waals surface area (Å²) in [5, 5.41) is 15.3. The molecule has 0 unspecified atom stereocenters. The molecule has 0 spiro atoms. The zero-order chi connectivity index (χ0) is 14.9. The molecule has 3 N–H and O–H groups in total. The van der Waals surface area contributed by atoms with Crippen LogP contribution in [-0.2, 0) is 0 Å². The molecule has 1 heterocycles. The molecule has 1 aliphatic rings. The fourth-order valence-electron chi connectivity index (χ4n) is 2.66. The molecule has 5 nitrogen and oxygen atoms in total. The first-order valence-corrected chi connectivity index (χ1v) is 7.56. The highest BCUT2D eigenvalue weighted by molar-refractivity contribution is 7.16. The molecule has 20 heavy (non-hydrogen) atoms. The normalized spacial score (nSPS) is 16.9. The summed E-state index contributed by atoms with van der Waals surface area (Å²) in [4.78, 5) is 24.2. The van der Waals surface area contributed by atoms with Crippen molar-refractivity contribution in [3.63, 3.8) is 0 Å². The van der Waals surface area contributed by atoms with Gasteiger partial charge in [-0.25, -0.2) is 9.59 Å².